The van der Waals surface area contributed by atoms with E-state index in [4.69, 9.17) is 4.74 Å². The summed E-state index contributed by atoms with van der Waals surface area (Å²) in [6.45, 7) is 0. The van der Waals surface area contributed by atoms with Gasteiger partial charge in [0.2, 0.25) is 5.90 Å². The summed E-state index contributed by atoms with van der Waals surface area (Å²) in [6.07, 6.45) is 4.83. The molecule has 0 aliphatic carbocycles. The highest BCUT2D eigenvalue weighted by Crippen LogP contribution is 2.23. The lowest BCUT2D eigenvalue weighted by Crippen LogP contribution is -2.09. The molecule has 0 amide bonds. The number of aromatic nitrogens is 2. The molecule has 1 aromatic heterocycles. The Kier molecular flexibility index (Phi) is 4.06. The number of carbonyl (C=O) groups is 1. The zero-order chi connectivity index (χ0) is 15.6. The molecule has 1 aliphatic heterocycles. The maximum atomic E-state index is 11.8. The van der Waals surface area contributed by atoms with E-state index in [1.165, 1.54) is 0 Å². The predicted molar refractivity (Wildman–Crippen MR) is 79.4 cm³/mol. The molecule has 8 heteroatoms. The Hall–Kier alpha value is -2.64. The number of ether oxygens (including phenoxy) is 1. The first-order valence-corrected chi connectivity index (χ1v) is 6.30. The Bertz CT molecular complexity index is 639. The smallest absolute Gasteiger partial charge is 0.365 e. The topological polar surface area (TPSA) is 75.3 Å². The molecule has 0 aromatic carbocycles. The minimum absolute atomic E-state index is 0.215. The number of hydrogen-bond acceptors (Lipinski definition) is 6. The van der Waals surface area contributed by atoms with Gasteiger partial charge in [0.25, 0.3) is 0 Å². The van der Waals surface area contributed by atoms with Gasteiger partial charge in [0, 0.05) is 41.4 Å². The molecule has 1 aliphatic rings. The van der Waals surface area contributed by atoms with Crippen molar-refractivity contribution in [2.75, 3.05) is 28.2 Å². The van der Waals surface area contributed by atoms with Gasteiger partial charge >= 0.3 is 5.97 Å². The molecule has 0 N–H and O–H groups in total. The molecule has 0 fully saturated rings. The van der Waals surface area contributed by atoms with Gasteiger partial charge in [0.15, 0.2) is 11.5 Å². The van der Waals surface area contributed by atoms with Gasteiger partial charge in [-0.1, -0.05) is 0 Å². The summed E-state index contributed by atoms with van der Waals surface area (Å²) in [4.78, 5) is 23.8. The first kappa shape index (κ1) is 14.8. The number of cyclic esters (lactones) is 1. The normalized spacial score (nSPS) is 16.5. The van der Waals surface area contributed by atoms with E-state index >= 15 is 0 Å². The third kappa shape index (κ3) is 3.28. The molecule has 112 valence electrons. The third-order valence-corrected chi connectivity index (χ3v) is 2.55. The van der Waals surface area contributed by atoms with Crippen molar-refractivity contribution in [3.05, 3.63) is 23.7 Å². The first-order chi connectivity index (χ1) is 9.88. The fourth-order valence-corrected chi connectivity index (χ4v) is 1.66. The van der Waals surface area contributed by atoms with E-state index in [9.17, 15) is 4.79 Å². The minimum Gasteiger partial charge on any atom is -0.402 e. The van der Waals surface area contributed by atoms with Crippen molar-refractivity contribution in [3.63, 3.8) is 0 Å². The summed E-state index contributed by atoms with van der Waals surface area (Å²) >= 11 is 0. The average molecular weight is 290 g/mol. The second-order valence-electron chi connectivity index (χ2n) is 5.00. The van der Waals surface area contributed by atoms with Crippen LogP contribution in [0.2, 0.25) is 0 Å². The van der Waals surface area contributed by atoms with Crippen molar-refractivity contribution < 1.29 is 9.53 Å². The highest BCUT2D eigenvalue weighted by Gasteiger charge is 2.27. The summed E-state index contributed by atoms with van der Waals surface area (Å²) in [5.74, 6) is 0.304. The molecular formula is C13H18N6O2. The van der Waals surface area contributed by atoms with Gasteiger partial charge in [0.1, 0.15) is 5.56 Å². The Balaban J connectivity index is 2.38. The molecule has 2 heterocycles. The molecular weight excluding hydrogens is 272 g/mol. The number of aliphatic imine (C=N–C) groups is 2. The van der Waals surface area contributed by atoms with Crippen molar-refractivity contribution in [1.82, 2.24) is 19.6 Å². The van der Waals surface area contributed by atoms with Crippen LogP contribution in [-0.2, 0) is 16.6 Å². The fraction of sp³-hybridized carbons (Fsp3) is 0.385. The van der Waals surface area contributed by atoms with Crippen molar-refractivity contribution >= 4 is 24.0 Å². The van der Waals surface area contributed by atoms with Crippen molar-refractivity contribution in [3.8, 4) is 0 Å². The SMILES string of the molecule is CN(C)C=Nc1c(C2=NC(=CN(C)C)C(=O)O2)cnn1C. The van der Waals surface area contributed by atoms with Crippen LogP contribution in [0, 0.1) is 0 Å². The van der Waals surface area contributed by atoms with Crippen molar-refractivity contribution in [2.24, 2.45) is 17.0 Å². The number of rotatable bonds is 4. The van der Waals surface area contributed by atoms with Crippen LogP contribution in [0.3, 0.4) is 0 Å². The van der Waals surface area contributed by atoms with Crippen LogP contribution in [0.4, 0.5) is 5.82 Å². The summed E-state index contributed by atoms with van der Waals surface area (Å²) in [5.41, 5.74) is 0.826. The number of hydrogen-bond donors (Lipinski definition) is 0. The quantitative estimate of drug-likeness (QED) is 0.346. The monoisotopic (exact) mass is 290 g/mol. The van der Waals surface area contributed by atoms with Gasteiger partial charge in [-0.3, -0.25) is 4.68 Å². The van der Waals surface area contributed by atoms with Crippen LogP contribution >= 0.6 is 0 Å². The number of aryl methyl sites for hydroxylation is 1. The second-order valence-corrected chi connectivity index (χ2v) is 5.00. The molecule has 0 spiro atoms. The molecule has 0 unspecified atom stereocenters. The molecule has 2 rings (SSSR count). The fourth-order valence-electron chi connectivity index (χ4n) is 1.66. The van der Waals surface area contributed by atoms with Gasteiger partial charge in [0.05, 0.1) is 12.5 Å². The maximum absolute atomic E-state index is 11.8. The molecule has 0 atom stereocenters. The van der Waals surface area contributed by atoms with E-state index in [2.05, 4.69) is 15.1 Å². The Morgan fingerprint density at radius 2 is 2.00 bits per heavy atom. The summed E-state index contributed by atoms with van der Waals surface area (Å²) in [7, 11) is 9.12. The summed E-state index contributed by atoms with van der Waals surface area (Å²) in [5, 5.41) is 4.13. The molecule has 1 aromatic rings. The van der Waals surface area contributed by atoms with Gasteiger partial charge in [-0.25, -0.2) is 14.8 Å². The van der Waals surface area contributed by atoms with Crippen molar-refractivity contribution in [2.45, 2.75) is 0 Å². The van der Waals surface area contributed by atoms with E-state index in [1.54, 1.807) is 40.3 Å². The largest absolute Gasteiger partial charge is 0.402 e. The summed E-state index contributed by atoms with van der Waals surface area (Å²) < 4.78 is 6.79. The molecule has 21 heavy (non-hydrogen) atoms. The van der Waals surface area contributed by atoms with Gasteiger partial charge in [-0.15, -0.1) is 0 Å². The van der Waals surface area contributed by atoms with Crippen LogP contribution in [0.15, 0.2) is 28.1 Å². The Morgan fingerprint density at radius 3 is 2.62 bits per heavy atom. The summed E-state index contributed by atoms with van der Waals surface area (Å²) in [6, 6.07) is 0. The second kappa shape index (κ2) is 5.78. The van der Waals surface area contributed by atoms with Gasteiger partial charge in [-0.05, 0) is 0 Å². The van der Waals surface area contributed by atoms with E-state index in [-0.39, 0.29) is 11.6 Å². The average Bonchev–Trinajstić information content (AvgIpc) is 2.90. The molecule has 0 bridgehead atoms. The van der Waals surface area contributed by atoms with Crippen LogP contribution in [-0.4, -0.2) is 66.0 Å². The number of carbonyl (C=O) groups excluding carboxylic acids is 1. The molecule has 0 saturated carbocycles. The van der Waals surface area contributed by atoms with Gasteiger partial charge in [-0.2, -0.15) is 5.10 Å². The Labute approximate surface area is 123 Å². The Morgan fingerprint density at radius 1 is 1.29 bits per heavy atom. The van der Waals surface area contributed by atoms with Crippen LogP contribution in [0.1, 0.15) is 5.56 Å². The number of esters is 1. The minimum atomic E-state index is -0.481. The lowest BCUT2D eigenvalue weighted by molar-refractivity contribution is -0.130. The van der Waals surface area contributed by atoms with Gasteiger partial charge < -0.3 is 14.5 Å². The lowest BCUT2D eigenvalue weighted by Gasteiger charge is -2.04. The molecule has 0 saturated heterocycles. The molecule has 8 nitrogen and oxygen atoms in total. The predicted octanol–water partition coefficient (Wildman–Crippen LogP) is 0.348. The third-order valence-electron chi connectivity index (χ3n) is 2.55. The van der Waals surface area contributed by atoms with Crippen LogP contribution in [0.5, 0.6) is 0 Å². The first-order valence-electron chi connectivity index (χ1n) is 6.30. The standard InChI is InChI=1S/C13H18N6O2/c1-17(2)7-10-13(20)21-12(16-10)9-6-15-19(5)11(9)14-8-18(3)4/h6-8H,1-5H3. The van der Waals surface area contributed by atoms with E-state index in [0.29, 0.717) is 11.4 Å². The molecule has 0 radical (unpaired) electrons. The number of nitrogens with zero attached hydrogens (tertiary/aromatic N) is 6. The zero-order valence-corrected chi connectivity index (χ0v) is 12.7. The van der Waals surface area contributed by atoms with E-state index in [1.807, 2.05) is 28.2 Å². The lowest BCUT2D eigenvalue weighted by atomic mass is 10.3. The highest BCUT2D eigenvalue weighted by atomic mass is 16.6. The van der Waals surface area contributed by atoms with Crippen LogP contribution < -0.4 is 0 Å². The highest BCUT2D eigenvalue weighted by molar-refractivity contribution is 6.12. The zero-order valence-electron chi connectivity index (χ0n) is 12.7. The maximum Gasteiger partial charge on any atom is 0.365 e. The van der Waals surface area contributed by atoms with E-state index in [0.717, 1.165) is 0 Å². The van der Waals surface area contributed by atoms with E-state index < -0.39 is 5.97 Å². The van der Waals surface area contributed by atoms with Crippen LogP contribution in [0.25, 0.3) is 0 Å². The van der Waals surface area contributed by atoms with Crippen molar-refractivity contribution in [1.29, 1.82) is 0 Å².